The van der Waals surface area contributed by atoms with E-state index in [2.05, 4.69) is 10.3 Å². The second-order valence-corrected chi connectivity index (χ2v) is 6.76. The molecule has 0 saturated carbocycles. The normalized spacial score (nSPS) is 18.5. The molecule has 2 rings (SSSR count). The lowest BCUT2D eigenvalue weighted by atomic mass is 10.1. The largest absolute Gasteiger partial charge is 0.444 e. The van der Waals surface area contributed by atoms with Crippen molar-refractivity contribution < 1.29 is 9.53 Å². The molecule has 1 amide bonds. The lowest BCUT2D eigenvalue weighted by molar-refractivity contribution is 0.0220. The second kappa shape index (κ2) is 7.58. The molecule has 0 aliphatic carbocycles. The van der Waals surface area contributed by atoms with E-state index in [1.54, 1.807) is 6.20 Å². The van der Waals surface area contributed by atoms with Gasteiger partial charge in [-0.2, -0.15) is 0 Å². The third kappa shape index (κ3) is 5.30. The highest BCUT2D eigenvalue weighted by molar-refractivity contribution is 5.68. The average Bonchev–Trinajstić information content (AvgIpc) is 2.91. The third-order valence-corrected chi connectivity index (χ3v) is 3.69. The predicted octanol–water partition coefficient (Wildman–Crippen LogP) is 2.96. The number of hydrogen-bond donors (Lipinski definition) is 1. The van der Waals surface area contributed by atoms with Gasteiger partial charge in [0, 0.05) is 25.3 Å². The Hall–Kier alpha value is -1.62. The summed E-state index contributed by atoms with van der Waals surface area (Å²) in [5, 5.41) is 3.40. The van der Waals surface area contributed by atoms with Crippen LogP contribution in [0.1, 0.15) is 45.7 Å². The summed E-state index contributed by atoms with van der Waals surface area (Å²) in [4.78, 5) is 18.4. The fourth-order valence-corrected chi connectivity index (χ4v) is 2.68. The molecule has 122 valence electrons. The number of ether oxygens (including phenoxy) is 1. The highest BCUT2D eigenvalue weighted by atomic mass is 16.6. The Morgan fingerprint density at radius 1 is 1.45 bits per heavy atom. The Kier molecular flexibility index (Phi) is 5.77. The van der Waals surface area contributed by atoms with Crippen LogP contribution in [0.3, 0.4) is 0 Å². The number of aromatic nitrogens is 1. The number of carbonyl (C=O) groups excluding carboxylic acids is 1. The van der Waals surface area contributed by atoms with E-state index in [1.165, 1.54) is 0 Å². The molecule has 1 unspecified atom stereocenters. The van der Waals surface area contributed by atoms with E-state index < -0.39 is 5.60 Å². The van der Waals surface area contributed by atoms with Crippen molar-refractivity contribution in [1.29, 1.82) is 0 Å². The number of nitrogens with one attached hydrogen (secondary N) is 1. The van der Waals surface area contributed by atoms with E-state index in [4.69, 9.17) is 4.74 Å². The summed E-state index contributed by atoms with van der Waals surface area (Å²) in [5.74, 6) is 0. The van der Waals surface area contributed by atoms with Gasteiger partial charge in [-0.3, -0.25) is 4.98 Å². The first-order valence-electron chi connectivity index (χ1n) is 8.06. The highest BCUT2D eigenvalue weighted by Crippen LogP contribution is 2.22. The standard InChI is InChI=1S/C17H27N3O2/c1-17(2,3)22-16(21)20-12-6-8-15(20)9-11-18-13-14-7-4-5-10-19-14/h4-5,7,10,15,18H,6,8-9,11-13H2,1-3H3. The van der Waals surface area contributed by atoms with Crippen molar-refractivity contribution in [2.24, 2.45) is 0 Å². The van der Waals surface area contributed by atoms with Crippen molar-refractivity contribution in [1.82, 2.24) is 15.2 Å². The van der Waals surface area contributed by atoms with E-state index in [1.807, 2.05) is 43.9 Å². The fraction of sp³-hybridized carbons (Fsp3) is 0.647. The van der Waals surface area contributed by atoms with E-state index in [0.717, 1.165) is 44.6 Å². The van der Waals surface area contributed by atoms with Crippen LogP contribution in [0, 0.1) is 0 Å². The maximum absolute atomic E-state index is 12.2. The fourth-order valence-electron chi connectivity index (χ4n) is 2.68. The molecule has 1 atom stereocenters. The van der Waals surface area contributed by atoms with Crippen molar-refractivity contribution in [2.45, 2.75) is 58.2 Å². The van der Waals surface area contributed by atoms with Crippen LogP contribution < -0.4 is 5.32 Å². The summed E-state index contributed by atoms with van der Waals surface area (Å²) in [6, 6.07) is 6.20. The van der Waals surface area contributed by atoms with E-state index in [-0.39, 0.29) is 12.1 Å². The van der Waals surface area contributed by atoms with Crippen LogP contribution >= 0.6 is 0 Å². The summed E-state index contributed by atoms with van der Waals surface area (Å²) in [6.45, 7) is 8.17. The number of likely N-dealkylation sites (tertiary alicyclic amines) is 1. The quantitative estimate of drug-likeness (QED) is 0.850. The number of hydrogen-bond acceptors (Lipinski definition) is 4. The second-order valence-electron chi connectivity index (χ2n) is 6.76. The predicted molar refractivity (Wildman–Crippen MR) is 86.5 cm³/mol. The van der Waals surface area contributed by atoms with Gasteiger partial charge in [0.2, 0.25) is 0 Å². The lowest BCUT2D eigenvalue weighted by Gasteiger charge is -2.28. The van der Waals surface area contributed by atoms with Gasteiger partial charge in [0.25, 0.3) is 0 Å². The summed E-state index contributed by atoms with van der Waals surface area (Å²) in [6.07, 6.45) is 4.69. The van der Waals surface area contributed by atoms with E-state index in [0.29, 0.717) is 0 Å². The van der Waals surface area contributed by atoms with Crippen LogP contribution in [0.15, 0.2) is 24.4 Å². The molecule has 1 aromatic rings. The maximum atomic E-state index is 12.2. The smallest absolute Gasteiger partial charge is 0.410 e. The van der Waals surface area contributed by atoms with Gasteiger partial charge in [-0.05, 0) is 58.7 Å². The van der Waals surface area contributed by atoms with Gasteiger partial charge < -0.3 is 15.0 Å². The summed E-state index contributed by atoms with van der Waals surface area (Å²) >= 11 is 0. The summed E-state index contributed by atoms with van der Waals surface area (Å²) in [7, 11) is 0. The first-order valence-corrected chi connectivity index (χ1v) is 8.06. The Labute approximate surface area is 133 Å². The van der Waals surface area contributed by atoms with Crippen molar-refractivity contribution in [3.05, 3.63) is 30.1 Å². The van der Waals surface area contributed by atoms with Crippen LogP contribution in [0.4, 0.5) is 4.79 Å². The van der Waals surface area contributed by atoms with Crippen molar-refractivity contribution in [2.75, 3.05) is 13.1 Å². The first-order chi connectivity index (χ1) is 10.5. The maximum Gasteiger partial charge on any atom is 0.410 e. The average molecular weight is 305 g/mol. The molecule has 5 nitrogen and oxygen atoms in total. The molecule has 0 bridgehead atoms. The highest BCUT2D eigenvalue weighted by Gasteiger charge is 2.31. The Bertz CT molecular complexity index is 471. The number of amides is 1. The molecular weight excluding hydrogens is 278 g/mol. The molecule has 5 heteroatoms. The number of rotatable bonds is 5. The van der Waals surface area contributed by atoms with Gasteiger partial charge in [0.05, 0.1) is 5.69 Å². The molecule has 1 aliphatic rings. The summed E-state index contributed by atoms with van der Waals surface area (Å²) < 4.78 is 5.48. The molecule has 0 aromatic carbocycles. The van der Waals surface area contributed by atoms with Crippen molar-refractivity contribution in [3.63, 3.8) is 0 Å². The molecule has 1 saturated heterocycles. The van der Waals surface area contributed by atoms with Gasteiger partial charge >= 0.3 is 6.09 Å². The van der Waals surface area contributed by atoms with Crippen molar-refractivity contribution >= 4 is 6.09 Å². The zero-order chi connectivity index (χ0) is 16.0. The third-order valence-electron chi connectivity index (χ3n) is 3.69. The SMILES string of the molecule is CC(C)(C)OC(=O)N1CCCC1CCNCc1ccccn1. The zero-order valence-electron chi connectivity index (χ0n) is 13.8. The number of carbonyl (C=O) groups is 1. The van der Waals surface area contributed by atoms with Gasteiger partial charge in [0.1, 0.15) is 5.60 Å². The summed E-state index contributed by atoms with van der Waals surface area (Å²) in [5.41, 5.74) is 0.611. The minimum Gasteiger partial charge on any atom is -0.444 e. The lowest BCUT2D eigenvalue weighted by Crippen LogP contribution is -2.40. The van der Waals surface area contributed by atoms with E-state index >= 15 is 0 Å². The molecule has 2 heterocycles. The van der Waals surface area contributed by atoms with Crippen molar-refractivity contribution in [3.8, 4) is 0 Å². The van der Waals surface area contributed by atoms with Crippen LogP contribution in [0.25, 0.3) is 0 Å². The molecule has 22 heavy (non-hydrogen) atoms. The molecule has 1 N–H and O–H groups in total. The minimum absolute atomic E-state index is 0.181. The van der Waals surface area contributed by atoms with Crippen LogP contribution in [0.2, 0.25) is 0 Å². The van der Waals surface area contributed by atoms with E-state index in [9.17, 15) is 4.79 Å². The first kappa shape index (κ1) is 16.7. The molecule has 1 aliphatic heterocycles. The van der Waals surface area contributed by atoms with Gasteiger partial charge in [0.15, 0.2) is 0 Å². The Morgan fingerprint density at radius 2 is 2.27 bits per heavy atom. The minimum atomic E-state index is -0.429. The van der Waals surface area contributed by atoms with Gasteiger partial charge in [-0.25, -0.2) is 4.79 Å². The Morgan fingerprint density at radius 3 is 2.95 bits per heavy atom. The molecular formula is C17H27N3O2. The zero-order valence-corrected chi connectivity index (χ0v) is 13.8. The van der Waals surface area contributed by atoms with Crippen LogP contribution in [-0.4, -0.2) is 40.7 Å². The molecule has 1 fully saturated rings. The number of pyridine rings is 1. The molecule has 0 spiro atoms. The molecule has 1 aromatic heterocycles. The monoisotopic (exact) mass is 305 g/mol. The van der Waals surface area contributed by atoms with Gasteiger partial charge in [-0.15, -0.1) is 0 Å². The van der Waals surface area contributed by atoms with Gasteiger partial charge in [-0.1, -0.05) is 6.07 Å². The van der Waals surface area contributed by atoms with Crippen LogP contribution in [-0.2, 0) is 11.3 Å². The van der Waals surface area contributed by atoms with Crippen LogP contribution in [0.5, 0.6) is 0 Å². The number of nitrogens with zero attached hydrogens (tertiary/aromatic N) is 2. The Balaban J connectivity index is 1.73. The topological polar surface area (TPSA) is 54.5 Å². The molecule has 0 radical (unpaired) electrons.